The van der Waals surface area contributed by atoms with Crippen LogP contribution in [0.3, 0.4) is 0 Å². The van der Waals surface area contributed by atoms with E-state index in [2.05, 4.69) is 15.5 Å². The van der Waals surface area contributed by atoms with Gasteiger partial charge in [0.05, 0.1) is 12.0 Å². The lowest BCUT2D eigenvalue weighted by molar-refractivity contribution is -0.128. The van der Waals surface area contributed by atoms with E-state index in [4.69, 9.17) is 4.42 Å². The minimum atomic E-state index is 0. The molecule has 1 amide bonds. The number of halogens is 1. The highest BCUT2D eigenvalue weighted by Crippen LogP contribution is 2.28. The van der Waals surface area contributed by atoms with Gasteiger partial charge in [-0.3, -0.25) is 9.36 Å². The van der Waals surface area contributed by atoms with Gasteiger partial charge in [0.25, 0.3) is 0 Å². The van der Waals surface area contributed by atoms with Crippen LogP contribution >= 0.6 is 24.2 Å². The molecule has 3 heterocycles. The van der Waals surface area contributed by atoms with E-state index in [0.717, 1.165) is 31.9 Å². The van der Waals surface area contributed by atoms with Crippen molar-refractivity contribution in [2.75, 3.05) is 31.9 Å². The van der Waals surface area contributed by atoms with Gasteiger partial charge in [0.1, 0.15) is 0 Å². The molecule has 9 heteroatoms. The standard InChI is InChI=1S/C18H19N5O2S.ClH/c24-16(22-10-8-19-9-11-22)13-26-18-21-20-17(15-7-4-12-25-15)23(18)14-5-2-1-3-6-14;/h1-7,12,19H,8-11,13H2;1H. The Kier molecular flexibility index (Phi) is 6.54. The summed E-state index contributed by atoms with van der Waals surface area (Å²) in [5.41, 5.74) is 0.932. The van der Waals surface area contributed by atoms with Crippen molar-refractivity contribution in [3.63, 3.8) is 0 Å². The summed E-state index contributed by atoms with van der Waals surface area (Å²) in [4.78, 5) is 14.3. The maximum atomic E-state index is 12.5. The molecule has 1 aliphatic rings. The number of para-hydroxylation sites is 1. The number of carbonyl (C=O) groups excluding carboxylic acids is 1. The Morgan fingerprint density at radius 2 is 1.89 bits per heavy atom. The van der Waals surface area contributed by atoms with E-state index in [9.17, 15) is 4.79 Å². The van der Waals surface area contributed by atoms with Gasteiger partial charge >= 0.3 is 0 Å². The largest absolute Gasteiger partial charge is 0.461 e. The van der Waals surface area contributed by atoms with Gasteiger partial charge in [-0.2, -0.15) is 0 Å². The van der Waals surface area contributed by atoms with Crippen LogP contribution in [0.2, 0.25) is 0 Å². The smallest absolute Gasteiger partial charge is 0.233 e. The fraction of sp³-hybridized carbons (Fsp3) is 0.278. The number of furan rings is 1. The third-order valence-corrected chi connectivity index (χ3v) is 5.10. The Labute approximate surface area is 167 Å². The zero-order chi connectivity index (χ0) is 17.8. The Balaban J connectivity index is 0.00000210. The zero-order valence-corrected chi connectivity index (χ0v) is 16.2. The molecule has 0 aliphatic carbocycles. The lowest BCUT2D eigenvalue weighted by Crippen LogP contribution is -2.47. The van der Waals surface area contributed by atoms with E-state index in [1.807, 2.05) is 51.9 Å². The third kappa shape index (κ3) is 4.35. The highest BCUT2D eigenvalue weighted by atomic mass is 35.5. The normalized spacial score (nSPS) is 14.0. The fourth-order valence-corrected chi connectivity index (χ4v) is 3.73. The van der Waals surface area contributed by atoms with Crippen LogP contribution in [0.5, 0.6) is 0 Å². The molecule has 2 aromatic heterocycles. The number of hydrogen-bond donors (Lipinski definition) is 1. The van der Waals surface area contributed by atoms with Crippen LogP contribution in [-0.2, 0) is 4.79 Å². The van der Waals surface area contributed by atoms with E-state index in [1.165, 1.54) is 11.8 Å². The molecule has 0 bridgehead atoms. The number of amides is 1. The van der Waals surface area contributed by atoms with E-state index < -0.39 is 0 Å². The fourth-order valence-electron chi connectivity index (χ4n) is 2.87. The van der Waals surface area contributed by atoms with Crippen molar-refractivity contribution < 1.29 is 9.21 Å². The lowest BCUT2D eigenvalue weighted by atomic mass is 10.3. The minimum absolute atomic E-state index is 0. The summed E-state index contributed by atoms with van der Waals surface area (Å²) < 4.78 is 7.43. The van der Waals surface area contributed by atoms with Crippen LogP contribution in [0.25, 0.3) is 17.3 Å². The molecule has 0 saturated carbocycles. The van der Waals surface area contributed by atoms with Gasteiger partial charge in [0, 0.05) is 31.9 Å². The lowest BCUT2D eigenvalue weighted by Gasteiger charge is -2.27. The van der Waals surface area contributed by atoms with E-state index in [-0.39, 0.29) is 18.3 Å². The summed E-state index contributed by atoms with van der Waals surface area (Å²) in [7, 11) is 0. The first-order chi connectivity index (χ1) is 12.8. The van der Waals surface area contributed by atoms with E-state index in [0.29, 0.717) is 22.5 Å². The van der Waals surface area contributed by atoms with Crippen LogP contribution < -0.4 is 5.32 Å². The second-order valence-corrected chi connectivity index (χ2v) is 6.82. The molecular formula is C18H20ClN5O2S. The van der Waals surface area contributed by atoms with Crippen molar-refractivity contribution >= 4 is 30.1 Å². The average molecular weight is 406 g/mol. The number of aromatic nitrogens is 3. The number of piperazine rings is 1. The van der Waals surface area contributed by atoms with Crippen molar-refractivity contribution in [1.29, 1.82) is 0 Å². The first kappa shape index (κ1) is 19.5. The minimum Gasteiger partial charge on any atom is -0.461 e. The summed E-state index contributed by atoms with van der Waals surface area (Å²) >= 11 is 1.40. The van der Waals surface area contributed by atoms with Crippen molar-refractivity contribution in [3.05, 3.63) is 48.7 Å². The molecule has 27 heavy (non-hydrogen) atoms. The van der Waals surface area contributed by atoms with Gasteiger partial charge < -0.3 is 14.6 Å². The predicted molar refractivity (Wildman–Crippen MR) is 106 cm³/mol. The maximum Gasteiger partial charge on any atom is 0.233 e. The highest BCUT2D eigenvalue weighted by molar-refractivity contribution is 7.99. The number of carbonyl (C=O) groups is 1. The Hall–Kier alpha value is -2.29. The number of thioether (sulfide) groups is 1. The molecule has 0 spiro atoms. The molecule has 1 saturated heterocycles. The number of rotatable bonds is 5. The van der Waals surface area contributed by atoms with Gasteiger partial charge in [-0.25, -0.2) is 0 Å². The number of hydrogen-bond acceptors (Lipinski definition) is 6. The molecule has 3 aromatic rings. The Morgan fingerprint density at radius 1 is 1.11 bits per heavy atom. The van der Waals surface area contributed by atoms with Gasteiger partial charge in [0.2, 0.25) is 11.7 Å². The highest BCUT2D eigenvalue weighted by Gasteiger charge is 2.21. The molecule has 7 nitrogen and oxygen atoms in total. The van der Waals surface area contributed by atoms with Gasteiger partial charge in [-0.05, 0) is 24.3 Å². The van der Waals surface area contributed by atoms with Crippen LogP contribution in [0.1, 0.15) is 0 Å². The first-order valence-corrected chi connectivity index (χ1v) is 9.47. The first-order valence-electron chi connectivity index (χ1n) is 8.49. The van der Waals surface area contributed by atoms with Gasteiger partial charge in [0.15, 0.2) is 10.9 Å². The van der Waals surface area contributed by atoms with Gasteiger partial charge in [-0.15, -0.1) is 22.6 Å². The van der Waals surface area contributed by atoms with E-state index >= 15 is 0 Å². The second kappa shape index (κ2) is 9.07. The predicted octanol–water partition coefficient (Wildman–Crippen LogP) is 2.47. The number of nitrogens with zero attached hydrogens (tertiary/aromatic N) is 4. The summed E-state index contributed by atoms with van der Waals surface area (Å²) in [6.45, 7) is 3.20. The quantitative estimate of drug-likeness (QED) is 0.657. The van der Waals surface area contributed by atoms with Crippen molar-refractivity contribution in [1.82, 2.24) is 25.0 Å². The molecule has 0 atom stereocenters. The molecule has 0 radical (unpaired) electrons. The third-order valence-electron chi connectivity index (χ3n) is 4.18. The number of benzene rings is 1. The average Bonchev–Trinajstić information content (AvgIpc) is 3.37. The summed E-state index contributed by atoms with van der Waals surface area (Å²) in [6, 6.07) is 13.5. The van der Waals surface area contributed by atoms with Crippen molar-refractivity contribution in [3.8, 4) is 17.3 Å². The molecule has 1 aromatic carbocycles. The van der Waals surface area contributed by atoms with Crippen LogP contribution in [0.4, 0.5) is 0 Å². The SMILES string of the molecule is Cl.O=C(CSc1nnc(-c2ccco2)n1-c1ccccc1)N1CCNCC1. The zero-order valence-electron chi connectivity index (χ0n) is 14.6. The summed E-state index contributed by atoms with van der Waals surface area (Å²) in [6.07, 6.45) is 1.61. The number of nitrogens with one attached hydrogen (secondary N) is 1. The molecule has 1 aliphatic heterocycles. The maximum absolute atomic E-state index is 12.5. The van der Waals surface area contributed by atoms with Crippen LogP contribution in [-0.4, -0.2) is 57.5 Å². The Morgan fingerprint density at radius 3 is 2.59 bits per heavy atom. The Bertz CT molecular complexity index is 863. The molecule has 1 N–H and O–H groups in total. The monoisotopic (exact) mass is 405 g/mol. The van der Waals surface area contributed by atoms with Crippen LogP contribution in [0, 0.1) is 0 Å². The van der Waals surface area contributed by atoms with E-state index in [1.54, 1.807) is 6.26 Å². The molecule has 1 fully saturated rings. The summed E-state index contributed by atoms with van der Waals surface area (Å²) in [5.74, 6) is 1.72. The molecule has 0 unspecified atom stereocenters. The molecular weight excluding hydrogens is 386 g/mol. The topological polar surface area (TPSA) is 76.2 Å². The van der Waals surface area contributed by atoms with Crippen molar-refractivity contribution in [2.45, 2.75) is 5.16 Å². The van der Waals surface area contributed by atoms with Gasteiger partial charge in [-0.1, -0.05) is 30.0 Å². The summed E-state index contributed by atoms with van der Waals surface area (Å²) in [5, 5.41) is 12.5. The molecule has 4 rings (SSSR count). The van der Waals surface area contributed by atoms with Crippen molar-refractivity contribution in [2.24, 2.45) is 0 Å². The molecule has 142 valence electrons. The van der Waals surface area contributed by atoms with Crippen LogP contribution in [0.15, 0.2) is 58.3 Å². The second-order valence-electron chi connectivity index (χ2n) is 5.87.